The van der Waals surface area contributed by atoms with E-state index in [9.17, 15) is 9.59 Å². The lowest BCUT2D eigenvalue weighted by atomic mass is 10.2. The van der Waals surface area contributed by atoms with E-state index in [-0.39, 0.29) is 6.03 Å². The van der Waals surface area contributed by atoms with Crippen LogP contribution in [0.1, 0.15) is 50.9 Å². The van der Waals surface area contributed by atoms with Crippen LogP contribution in [0.4, 0.5) is 4.79 Å². The summed E-state index contributed by atoms with van der Waals surface area (Å²) in [5, 5.41) is 3.06. The Morgan fingerprint density at radius 2 is 1.38 bits per heavy atom. The largest absolute Gasteiger partial charge is 0.494 e. The lowest BCUT2D eigenvalue weighted by molar-refractivity contribution is 0.1000. The zero-order chi connectivity index (χ0) is 23.8. The highest BCUT2D eigenvalue weighted by Gasteiger charge is 2.15. The Labute approximate surface area is 194 Å². The minimum atomic E-state index is -0.449. The number of primary amides is 1. The number of amides is 3. The van der Waals surface area contributed by atoms with Gasteiger partial charge in [-0.2, -0.15) is 0 Å². The molecule has 0 bridgehead atoms. The van der Waals surface area contributed by atoms with Crippen LogP contribution >= 0.6 is 0 Å². The number of hydrogen-bond acceptors (Lipinski definition) is 5. The van der Waals surface area contributed by atoms with E-state index in [2.05, 4.69) is 42.8 Å². The van der Waals surface area contributed by atoms with Gasteiger partial charge in [-0.1, -0.05) is 27.7 Å². The second kappa shape index (κ2) is 16.3. The predicted octanol–water partition coefficient (Wildman–Crippen LogP) is 2.64. The van der Waals surface area contributed by atoms with Gasteiger partial charge in [0.15, 0.2) is 0 Å². The van der Waals surface area contributed by atoms with Crippen LogP contribution < -0.4 is 15.8 Å². The minimum absolute atomic E-state index is 0.00673. The molecule has 0 atom stereocenters. The minimum Gasteiger partial charge on any atom is -0.494 e. The Hall–Kier alpha value is -2.32. The summed E-state index contributed by atoms with van der Waals surface area (Å²) >= 11 is 0. The first kappa shape index (κ1) is 27.7. The summed E-state index contributed by atoms with van der Waals surface area (Å²) in [7, 11) is 0. The Bertz CT molecular complexity index is 630. The molecule has 0 fully saturated rings. The van der Waals surface area contributed by atoms with Gasteiger partial charge in [-0.3, -0.25) is 4.79 Å². The Morgan fingerprint density at radius 1 is 0.844 bits per heavy atom. The number of carbonyl (C=O) groups excluding carboxylic acids is 2. The first-order valence-electron chi connectivity index (χ1n) is 11.9. The highest BCUT2D eigenvalue weighted by atomic mass is 16.5. The van der Waals surface area contributed by atoms with Gasteiger partial charge < -0.3 is 30.5 Å². The van der Waals surface area contributed by atoms with Crippen molar-refractivity contribution in [3.8, 4) is 5.75 Å². The molecule has 8 heteroatoms. The predicted molar refractivity (Wildman–Crippen MR) is 130 cm³/mol. The van der Waals surface area contributed by atoms with Crippen LogP contribution in [-0.4, -0.2) is 92.1 Å². The summed E-state index contributed by atoms with van der Waals surface area (Å²) in [6.07, 6.45) is 1.67. The average molecular weight is 450 g/mol. The van der Waals surface area contributed by atoms with Crippen molar-refractivity contribution in [3.63, 3.8) is 0 Å². The molecule has 0 saturated carbocycles. The van der Waals surface area contributed by atoms with Crippen LogP contribution in [0.25, 0.3) is 0 Å². The van der Waals surface area contributed by atoms with Crippen LogP contribution in [-0.2, 0) is 0 Å². The third kappa shape index (κ3) is 10.8. The molecule has 1 rings (SSSR count). The number of ether oxygens (including phenoxy) is 1. The van der Waals surface area contributed by atoms with E-state index >= 15 is 0 Å². The summed E-state index contributed by atoms with van der Waals surface area (Å²) in [5.74, 6) is 0.258. The quantitative estimate of drug-likeness (QED) is 0.357. The van der Waals surface area contributed by atoms with Gasteiger partial charge in [0.2, 0.25) is 5.91 Å². The summed E-state index contributed by atoms with van der Waals surface area (Å²) in [5.41, 5.74) is 5.70. The number of hydrogen-bond donors (Lipinski definition) is 2. The number of urea groups is 1. The van der Waals surface area contributed by atoms with Crippen molar-refractivity contribution in [1.29, 1.82) is 0 Å². The van der Waals surface area contributed by atoms with Gasteiger partial charge in [0.05, 0.1) is 6.61 Å². The second-order valence-corrected chi connectivity index (χ2v) is 7.72. The molecule has 0 aliphatic rings. The normalized spacial score (nSPS) is 11.1. The zero-order valence-electron chi connectivity index (χ0n) is 20.4. The van der Waals surface area contributed by atoms with Gasteiger partial charge in [0.1, 0.15) is 5.75 Å². The van der Waals surface area contributed by atoms with Crippen molar-refractivity contribution in [2.24, 2.45) is 5.73 Å². The number of benzene rings is 1. The highest BCUT2D eigenvalue weighted by molar-refractivity contribution is 5.92. The van der Waals surface area contributed by atoms with Crippen LogP contribution in [0.2, 0.25) is 0 Å². The van der Waals surface area contributed by atoms with Crippen LogP contribution in [0.15, 0.2) is 24.3 Å². The molecule has 3 N–H and O–H groups in total. The van der Waals surface area contributed by atoms with Crippen molar-refractivity contribution in [2.45, 2.75) is 40.5 Å². The fraction of sp³-hybridized carbons (Fsp3) is 0.667. The van der Waals surface area contributed by atoms with Crippen molar-refractivity contribution < 1.29 is 14.3 Å². The van der Waals surface area contributed by atoms with E-state index in [1.54, 1.807) is 24.3 Å². The van der Waals surface area contributed by atoms with E-state index in [1.807, 2.05) is 4.90 Å². The van der Waals surface area contributed by atoms with Crippen molar-refractivity contribution in [1.82, 2.24) is 20.0 Å². The number of unbranched alkanes of at least 4 members (excludes halogenated alkanes) is 1. The maximum atomic E-state index is 12.8. The van der Waals surface area contributed by atoms with E-state index in [4.69, 9.17) is 10.5 Å². The monoisotopic (exact) mass is 449 g/mol. The molecule has 32 heavy (non-hydrogen) atoms. The Kier molecular flexibility index (Phi) is 14.1. The van der Waals surface area contributed by atoms with Crippen LogP contribution in [0.3, 0.4) is 0 Å². The van der Waals surface area contributed by atoms with Crippen LogP contribution in [0.5, 0.6) is 5.75 Å². The van der Waals surface area contributed by atoms with Crippen LogP contribution in [0, 0.1) is 0 Å². The summed E-state index contributed by atoms with van der Waals surface area (Å²) < 4.78 is 5.69. The van der Waals surface area contributed by atoms with Gasteiger partial charge in [-0.25, -0.2) is 4.79 Å². The second-order valence-electron chi connectivity index (χ2n) is 7.72. The molecular weight excluding hydrogens is 406 g/mol. The topological polar surface area (TPSA) is 91.1 Å². The van der Waals surface area contributed by atoms with Gasteiger partial charge in [0, 0.05) is 38.3 Å². The molecule has 0 unspecified atom stereocenters. The molecule has 8 nitrogen and oxygen atoms in total. The fourth-order valence-electron chi connectivity index (χ4n) is 3.36. The number of carbonyl (C=O) groups is 2. The first-order valence-corrected chi connectivity index (χ1v) is 11.9. The van der Waals surface area contributed by atoms with E-state index in [1.165, 1.54) is 0 Å². The molecular formula is C24H43N5O3. The summed E-state index contributed by atoms with van der Waals surface area (Å²) in [6.45, 7) is 17.0. The number of rotatable bonds is 17. The number of nitrogens with zero attached hydrogens (tertiary/aromatic N) is 3. The number of nitrogens with one attached hydrogen (secondary N) is 1. The lowest BCUT2D eigenvalue weighted by Crippen LogP contribution is -2.47. The number of nitrogens with two attached hydrogens (primary N) is 1. The summed E-state index contributed by atoms with van der Waals surface area (Å²) in [4.78, 5) is 30.5. The molecule has 0 saturated heterocycles. The van der Waals surface area contributed by atoms with Crippen molar-refractivity contribution >= 4 is 11.9 Å². The van der Waals surface area contributed by atoms with Crippen molar-refractivity contribution in [3.05, 3.63) is 29.8 Å². The maximum absolute atomic E-state index is 12.8. The third-order valence-corrected chi connectivity index (χ3v) is 5.70. The average Bonchev–Trinajstić information content (AvgIpc) is 2.81. The molecule has 3 amide bonds. The molecule has 1 aromatic rings. The maximum Gasteiger partial charge on any atom is 0.317 e. The zero-order valence-corrected chi connectivity index (χ0v) is 20.4. The SMILES string of the molecule is CCN(CC)CCN(CCN(CC)CC)C(=O)NCCCCOc1ccc(C(N)=O)cc1. The smallest absolute Gasteiger partial charge is 0.317 e. The van der Waals surface area contributed by atoms with E-state index in [0.29, 0.717) is 24.5 Å². The molecule has 0 aromatic heterocycles. The van der Waals surface area contributed by atoms with Gasteiger partial charge >= 0.3 is 6.03 Å². The highest BCUT2D eigenvalue weighted by Crippen LogP contribution is 2.12. The van der Waals surface area contributed by atoms with Gasteiger partial charge in [0.25, 0.3) is 0 Å². The Balaban J connectivity index is 2.37. The lowest BCUT2D eigenvalue weighted by Gasteiger charge is -2.29. The first-order chi connectivity index (χ1) is 15.4. The van der Waals surface area contributed by atoms with Gasteiger partial charge in [-0.05, 0) is 63.3 Å². The summed E-state index contributed by atoms with van der Waals surface area (Å²) in [6, 6.07) is 6.80. The Morgan fingerprint density at radius 3 is 1.84 bits per heavy atom. The van der Waals surface area contributed by atoms with E-state index < -0.39 is 5.91 Å². The molecule has 0 heterocycles. The third-order valence-electron chi connectivity index (χ3n) is 5.70. The molecule has 182 valence electrons. The number of likely N-dealkylation sites (N-methyl/N-ethyl adjacent to an activating group) is 2. The molecule has 0 aliphatic heterocycles. The van der Waals surface area contributed by atoms with E-state index in [0.717, 1.165) is 65.2 Å². The standard InChI is InChI=1S/C24H43N5O3/c1-5-27(6-2)16-18-29(19-17-28(7-3)8-4)24(31)26-15-9-10-20-32-22-13-11-21(12-14-22)23(25)30/h11-14H,5-10,15-20H2,1-4H3,(H2,25,30)(H,26,31). The molecule has 0 spiro atoms. The van der Waals surface area contributed by atoms with Crippen molar-refractivity contribution in [2.75, 3.05) is 65.5 Å². The molecule has 1 aromatic carbocycles. The fourth-order valence-corrected chi connectivity index (χ4v) is 3.36. The van der Waals surface area contributed by atoms with Gasteiger partial charge in [-0.15, -0.1) is 0 Å². The molecule has 0 radical (unpaired) electrons. The molecule has 0 aliphatic carbocycles.